The first kappa shape index (κ1) is 26.4. The summed E-state index contributed by atoms with van der Waals surface area (Å²) in [6.45, 7) is 8.04. The van der Waals surface area contributed by atoms with Crippen LogP contribution in [0.5, 0.6) is 0 Å². The van der Waals surface area contributed by atoms with E-state index in [-0.39, 0.29) is 24.3 Å². The summed E-state index contributed by atoms with van der Waals surface area (Å²) in [7, 11) is -3.59. The van der Waals surface area contributed by atoms with Gasteiger partial charge in [-0.15, -0.1) is 0 Å². The quantitative estimate of drug-likeness (QED) is 0.469. The molecule has 0 aliphatic carbocycles. The van der Waals surface area contributed by atoms with Gasteiger partial charge in [-0.3, -0.25) is 14.0 Å². The molecule has 1 aromatic heterocycles. The van der Waals surface area contributed by atoms with Crippen LogP contribution in [0.1, 0.15) is 41.9 Å². The van der Waals surface area contributed by atoms with Gasteiger partial charge in [0.25, 0.3) is 5.91 Å². The summed E-state index contributed by atoms with van der Waals surface area (Å²) in [6, 6.07) is 9.47. The van der Waals surface area contributed by atoms with E-state index in [1.54, 1.807) is 30.0 Å². The number of hydrogen-bond acceptors (Lipinski definition) is 5. The molecule has 0 spiro atoms. The monoisotopic (exact) mass is 535 g/mol. The van der Waals surface area contributed by atoms with Crippen LogP contribution in [0.2, 0.25) is 5.02 Å². The van der Waals surface area contributed by atoms with Crippen molar-refractivity contribution < 1.29 is 22.0 Å². The van der Waals surface area contributed by atoms with Gasteiger partial charge in [0.15, 0.2) is 5.76 Å². The smallest absolute Gasteiger partial charge is 0.290 e. The molecule has 0 fully saturated rings. The summed E-state index contributed by atoms with van der Waals surface area (Å²) in [5.41, 5.74) is 2.13. The molecule has 7 nitrogen and oxygen atoms in total. The summed E-state index contributed by atoms with van der Waals surface area (Å²) in [5.74, 6) is -0.587. The van der Waals surface area contributed by atoms with E-state index in [1.165, 1.54) is 28.8 Å². The molecule has 0 unspecified atom stereocenters. The third kappa shape index (κ3) is 5.53. The van der Waals surface area contributed by atoms with E-state index in [9.17, 15) is 17.6 Å². The normalized spacial score (nSPS) is 16.3. The van der Waals surface area contributed by atoms with Gasteiger partial charge < -0.3 is 9.32 Å². The fourth-order valence-corrected chi connectivity index (χ4v) is 5.82. The van der Waals surface area contributed by atoms with Crippen molar-refractivity contribution in [3.05, 3.63) is 64.1 Å². The number of fused-ring (bicyclic) bond motifs is 2. The first-order valence-corrected chi connectivity index (χ1v) is 14.2. The van der Waals surface area contributed by atoms with Crippen molar-refractivity contribution in [1.29, 1.82) is 0 Å². The predicted molar refractivity (Wildman–Crippen MR) is 141 cm³/mol. The van der Waals surface area contributed by atoms with Crippen molar-refractivity contribution in [2.45, 2.75) is 39.8 Å². The van der Waals surface area contributed by atoms with Crippen LogP contribution in [0, 0.1) is 12.7 Å². The molecular formula is C26H31ClFN3O4S. The van der Waals surface area contributed by atoms with Crippen LogP contribution in [0.3, 0.4) is 0 Å². The zero-order valence-electron chi connectivity index (χ0n) is 20.9. The highest BCUT2D eigenvalue weighted by Crippen LogP contribution is 2.31. The summed E-state index contributed by atoms with van der Waals surface area (Å²) >= 11 is 6.27. The predicted octanol–water partition coefficient (Wildman–Crippen LogP) is 5.06. The number of carbonyl (C=O) groups excluding carboxylic acids is 1. The Morgan fingerprint density at radius 2 is 1.83 bits per heavy atom. The second-order valence-electron chi connectivity index (χ2n) is 9.51. The summed E-state index contributed by atoms with van der Waals surface area (Å²) in [5, 5.41) is 0.963. The van der Waals surface area contributed by atoms with Gasteiger partial charge in [0.2, 0.25) is 10.0 Å². The van der Waals surface area contributed by atoms with Crippen molar-refractivity contribution in [2.75, 3.05) is 36.7 Å². The number of rotatable bonds is 3. The maximum atomic E-state index is 13.8. The molecule has 2 heterocycles. The molecule has 1 amide bonds. The molecular weight excluding hydrogens is 505 g/mol. The standard InChI is InChI=1S/C26H31ClFN3O4S/c1-17(2)29-10-5-11-31(36(4,33)34)23-14-20(27)7-6-19(23)16-30(13-12-29)26(32)25-18(3)22-15-21(28)8-9-24(22)35-25/h6-9,14-15,17H,5,10-13,16H2,1-4H3. The first-order chi connectivity index (χ1) is 17.0. The third-order valence-electron chi connectivity index (χ3n) is 6.65. The van der Waals surface area contributed by atoms with Crippen molar-refractivity contribution in [1.82, 2.24) is 9.80 Å². The SMILES string of the molecule is Cc1c(C(=O)N2CCN(C(C)C)CCCN(S(C)(=O)=O)c3cc(Cl)ccc3C2)oc2ccc(F)cc12. The lowest BCUT2D eigenvalue weighted by Crippen LogP contribution is -2.41. The van der Waals surface area contributed by atoms with Gasteiger partial charge in [0.05, 0.1) is 11.9 Å². The number of hydrogen-bond donors (Lipinski definition) is 0. The Balaban J connectivity index is 1.80. The molecule has 10 heteroatoms. The molecule has 0 N–H and O–H groups in total. The Bertz CT molecular complexity index is 1390. The molecule has 194 valence electrons. The minimum Gasteiger partial charge on any atom is -0.451 e. The molecule has 0 bridgehead atoms. The molecule has 0 atom stereocenters. The molecule has 3 aromatic rings. The second-order valence-corrected chi connectivity index (χ2v) is 11.9. The molecule has 2 aromatic carbocycles. The fraction of sp³-hybridized carbons (Fsp3) is 0.423. The highest BCUT2D eigenvalue weighted by molar-refractivity contribution is 7.92. The van der Waals surface area contributed by atoms with Crippen LogP contribution >= 0.6 is 11.6 Å². The Morgan fingerprint density at radius 3 is 2.53 bits per heavy atom. The number of carbonyl (C=O) groups is 1. The Morgan fingerprint density at radius 1 is 1.08 bits per heavy atom. The summed E-state index contributed by atoms with van der Waals surface area (Å²) < 4.78 is 46.6. The van der Waals surface area contributed by atoms with Gasteiger partial charge in [-0.05, 0) is 63.1 Å². The number of nitrogens with zero attached hydrogens (tertiary/aromatic N) is 3. The van der Waals surface area contributed by atoms with E-state index < -0.39 is 15.8 Å². The van der Waals surface area contributed by atoms with E-state index in [0.717, 1.165) is 0 Å². The lowest BCUT2D eigenvalue weighted by molar-refractivity contribution is 0.0681. The third-order valence-corrected chi connectivity index (χ3v) is 8.07. The van der Waals surface area contributed by atoms with Crippen molar-refractivity contribution >= 4 is 44.2 Å². The zero-order valence-corrected chi connectivity index (χ0v) is 22.5. The Hall–Kier alpha value is -2.62. The molecule has 0 saturated heterocycles. The van der Waals surface area contributed by atoms with Gasteiger partial charge in [-0.1, -0.05) is 17.7 Å². The van der Waals surface area contributed by atoms with E-state index in [0.29, 0.717) is 65.4 Å². The molecule has 4 rings (SSSR count). The maximum Gasteiger partial charge on any atom is 0.290 e. The average Bonchev–Trinajstić information content (AvgIpc) is 3.10. The topological polar surface area (TPSA) is 74.1 Å². The molecule has 1 aliphatic rings. The van der Waals surface area contributed by atoms with Crippen LogP contribution < -0.4 is 4.31 Å². The molecule has 0 saturated carbocycles. The molecule has 1 aliphatic heterocycles. The fourth-order valence-electron chi connectivity index (χ4n) is 4.66. The van der Waals surface area contributed by atoms with Crippen LogP contribution in [0.4, 0.5) is 10.1 Å². The van der Waals surface area contributed by atoms with Crippen molar-refractivity contribution in [2.24, 2.45) is 0 Å². The lowest BCUT2D eigenvalue weighted by Gasteiger charge is -2.29. The zero-order chi connectivity index (χ0) is 26.2. The van der Waals surface area contributed by atoms with Crippen LogP contribution in [0.25, 0.3) is 11.0 Å². The van der Waals surface area contributed by atoms with E-state index in [4.69, 9.17) is 16.0 Å². The Labute approximate surface area is 216 Å². The number of amides is 1. The Kier molecular flexibility index (Phi) is 7.64. The lowest BCUT2D eigenvalue weighted by atomic mass is 10.1. The summed E-state index contributed by atoms with van der Waals surface area (Å²) in [4.78, 5) is 17.7. The number of furan rings is 1. The van der Waals surface area contributed by atoms with E-state index in [1.807, 2.05) is 0 Å². The highest BCUT2D eigenvalue weighted by Gasteiger charge is 2.28. The maximum absolute atomic E-state index is 13.8. The van der Waals surface area contributed by atoms with Gasteiger partial charge in [0.1, 0.15) is 11.4 Å². The second kappa shape index (κ2) is 10.4. The molecule has 0 radical (unpaired) electrons. The number of halogens is 2. The van der Waals surface area contributed by atoms with Crippen molar-refractivity contribution in [3.63, 3.8) is 0 Å². The van der Waals surface area contributed by atoms with Gasteiger partial charge in [-0.25, -0.2) is 12.8 Å². The van der Waals surface area contributed by atoms with Crippen LogP contribution in [-0.4, -0.2) is 62.6 Å². The van der Waals surface area contributed by atoms with E-state index in [2.05, 4.69) is 18.7 Å². The minimum atomic E-state index is -3.59. The summed E-state index contributed by atoms with van der Waals surface area (Å²) in [6.07, 6.45) is 1.80. The number of benzene rings is 2. The van der Waals surface area contributed by atoms with Crippen molar-refractivity contribution in [3.8, 4) is 0 Å². The minimum absolute atomic E-state index is 0.150. The first-order valence-electron chi connectivity index (χ1n) is 11.9. The van der Waals surface area contributed by atoms with Crippen LogP contribution in [-0.2, 0) is 16.6 Å². The number of anilines is 1. The largest absolute Gasteiger partial charge is 0.451 e. The average molecular weight is 536 g/mol. The van der Waals surface area contributed by atoms with Gasteiger partial charge in [-0.2, -0.15) is 0 Å². The van der Waals surface area contributed by atoms with Crippen LogP contribution in [0.15, 0.2) is 40.8 Å². The van der Waals surface area contributed by atoms with E-state index >= 15 is 0 Å². The van der Waals surface area contributed by atoms with Gasteiger partial charge >= 0.3 is 0 Å². The number of sulfonamides is 1. The number of aryl methyl sites for hydroxylation is 1. The van der Waals surface area contributed by atoms with Gasteiger partial charge in [0, 0.05) is 54.7 Å². The highest BCUT2D eigenvalue weighted by atomic mass is 35.5. The molecule has 36 heavy (non-hydrogen) atoms.